The van der Waals surface area contributed by atoms with Crippen LogP contribution in [0.5, 0.6) is 0 Å². The molecule has 124 valence electrons. The summed E-state index contributed by atoms with van der Waals surface area (Å²) in [6.07, 6.45) is -19.4. The van der Waals surface area contributed by atoms with Crippen molar-refractivity contribution in [3.8, 4) is 0 Å². The van der Waals surface area contributed by atoms with E-state index in [1.54, 1.807) is 0 Å². The summed E-state index contributed by atoms with van der Waals surface area (Å²) in [4.78, 5) is 0. The highest BCUT2D eigenvalue weighted by molar-refractivity contribution is 8.32. The molecule has 0 nitrogen and oxygen atoms in total. The average molecular weight is 436 g/mol. The lowest BCUT2D eigenvalue weighted by Crippen LogP contribution is -2.92. The molecular formula is H3B40-. The molecule has 0 fully saturated rings. The molecular weight excluding hydrogens is 432 g/mol. The zero-order valence-corrected chi connectivity index (χ0v) is 22.5. The van der Waals surface area contributed by atoms with Gasteiger partial charge in [0.2, 0.25) is 0 Å². The van der Waals surface area contributed by atoms with Gasteiger partial charge in [-0.2, -0.15) is 0 Å². The topological polar surface area (TPSA) is 0 Å². The van der Waals surface area contributed by atoms with Crippen LogP contribution in [-0.4, -0.2) is 284 Å². The van der Waals surface area contributed by atoms with E-state index in [2.05, 4.69) is 0 Å². The monoisotopic (exact) mass is 443 g/mol. The maximum absolute atomic E-state index is 6.73. The van der Waals surface area contributed by atoms with E-state index in [4.69, 9.17) is 155 Å². The molecule has 0 aliphatic rings. The van der Waals surface area contributed by atoms with Gasteiger partial charge in [-0.25, -0.2) is 0 Å². The molecule has 0 aliphatic carbocycles. The van der Waals surface area contributed by atoms with Crippen LogP contribution in [-0.2, 0) is 0 Å². The van der Waals surface area contributed by atoms with E-state index in [-0.39, 0.29) is 0 Å². The third-order valence-electron chi connectivity index (χ3n) is 7.78. The van der Waals surface area contributed by atoms with Crippen LogP contribution in [0.2, 0.25) is 0 Å². The molecule has 0 saturated carbocycles. The van der Waals surface area contributed by atoms with Crippen molar-refractivity contribution in [3.05, 3.63) is 0 Å². The fourth-order valence-electron chi connectivity index (χ4n) is 6.29. The Morgan fingerprint density at radius 2 is 0.375 bits per heavy atom. The van der Waals surface area contributed by atoms with Gasteiger partial charge in [0, 0.05) is 0 Å². The normalized spacial score (nSPS) is 9.62. The lowest BCUT2D eigenvalue weighted by Gasteiger charge is -2.54. The molecule has 0 atom stereocenters. The maximum Gasteiger partial charge on any atom is -0.0000000000000851 e. The smallest absolute Gasteiger partial charge is 0.0000000000000851 e. The van der Waals surface area contributed by atoms with E-state index in [1.807, 2.05) is 0 Å². The molecule has 0 rings (SSSR count). The second-order valence-electron chi connectivity index (χ2n) is 10.6. The first kappa shape index (κ1) is 42.6. The summed E-state index contributed by atoms with van der Waals surface area (Å²) in [6.45, 7) is 0. The van der Waals surface area contributed by atoms with Crippen LogP contribution >= 0.6 is 0 Å². The Bertz CT molecular complexity index is 529. The van der Waals surface area contributed by atoms with Crippen LogP contribution in [0.1, 0.15) is 0 Å². The van der Waals surface area contributed by atoms with Gasteiger partial charge < -0.3 is 0 Å². The standard InChI is InChI=1S/B40H3/c1-22(2)32(21)37(31(19)20)40(38(33(23(3)4)24(5)6)34(25(7)8)26(9)10)39(35(27(11)12)28(13)14)36(29(15)16)30(17)18/h1H3/q-1. The highest BCUT2D eigenvalue weighted by atomic mass is 13.4. The van der Waals surface area contributed by atoms with Crippen LogP contribution in [0.3, 0.4) is 0 Å². The lowest BCUT2D eigenvalue weighted by atomic mass is 8.27. The predicted octanol–water partition coefficient (Wildman–Crippen LogP) is -16.0. The van der Waals surface area contributed by atoms with E-state index in [1.165, 1.54) is 0 Å². The van der Waals surface area contributed by atoms with Gasteiger partial charge in [0.25, 0.3) is 0 Å². The zero-order valence-electron chi connectivity index (χ0n) is 22.5. The first-order valence-corrected chi connectivity index (χ1v) is 12.7. The Kier molecular flexibility index (Phi) is 20.6. The summed E-state index contributed by atoms with van der Waals surface area (Å²) in [6, 6.07) is 0. The molecule has 0 aromatic carbocycles. The molecule has 0 unspecified atom stereocenters. The minimum Gasteiger partial charge on any atom is -0.128 e. The average Bonchev–Trinajstić information content (AvgIpc) is 2.73. The molecule has 0 amide bonds. The summed E-state index contributed by atoms with van der Waals surface area (Å²) >= 11 is 0. The van der Waals surface area contributed by atoms with Crippen LogP contribution < -0.4 is 0 Å². The number of hydrogen-bond acceptors (Lipinski definition) is 0. The molecule has 0 spiro atoms. The van der Waals surface area contributed by atoms with Crippen molar-refractivity contribution in [1.82, 2.24) is 0 Å². The Morgan fingerprint density at radius 1 is 0.225 bits per heavy atom. The minimum absolute atomic E-state index is 0.426. The SMILES string of the molecule is [B]B([B])B(B([B])[B])B(B(B([B])[B])B([B])[B])B(B(B([B])[B])B([B])B([B])[BH3-])B(B(B([B])[B])B([B])[B])B(B([B])[B])B([B])[B]. The van der Waals surface area contributed by atoms with Crippen molar-refractivity contribution >= 4 is 284 Å². The minimum atomic E-state index is -1.16. The van der Waals surface area contributed by atoms with Crippen molar-refractivity contribution < 1.29 is 0 Å². The van der Waals surface area contributed by atoms with Crippen molar-refractivity contribution in [1.29, 1.82) is 0 Å². The van der Waals surface area contributed by atoms with Crippen molar-refractivity contribution in [2.75, 3.05) is 0 Å². The van der Waals surface area contributed by atoms with Gasteiger partial charge in [-0.1, -0.05) is 7.74 Å². The molecule has 40 heavy (non-hydrogen) atoms. The van der Waals surface area contributed by atoms with E-state index in [0.717, 1.165) is 0 Å². The summed E-state index contributed by atoms with van der Waals surface area (Å²) in [5.74, 6) is 0. The zero-order chi connectivity index (χ0) is 32.0. The molecule has 0 aromatic heterocycles. The van der Waals surface area contributed by atoms with Crippen molar-refractivity contribution in [3.63, 3.8) is 0 Å². The van der Waals surface area contributed by atoms with Crippen LogP contribution in [0.15, 0.2) is 0 Å². The highest BCUT2D eigenvalue weighted by Gasteiger charge is 2.56. The summed E-state index contributed by atoms with van der Waals surface area (Å²) < 4.78 is 0. The fourth-order valence-corrected chi connectivity index (χ4v) is 6.29. The fraction of sp³-hybridized carbons (Fsp3) is 0. The number of rotatable bonds is 18. The highest BCUT2D eigenvalue weighted by Crippen LogP contribution is 2.18. The third kappa shape index (κ3) is 11.4. The summed E-state index contributed by atoms with van der Waals surface area (Å²) in [5, 5.41) is 0. The van der Waals surface area contributed by atoms with Gasteiger partial charge in [-0.05, 0) is 270 Å². The largest absolute Gasteiger partial charge is 0.128 e. The molecule has 0 heterocycles. The second-order valence-corrected chi connectivity index (χ2v) is 10.6. The van der Waals surface area contributed by atoms with E-state index in [0.29, 0.717) is 0 Å². The molecule has 0 aliphatic heterocycles. The summed E-state index contributed by atoms with van der Waals surface area (Å²) in [5.41, 5.74) is 0. The molecule has 0 bridgehead atoms. The van der Waals surface area contributed by atoms with Crippen LogP contribution in [0.25, 0.3) is 0 Å². The van der Waals surface area contributed by atoms with E-state index >= 15 is 0 Å². The van der Waals surface area contributed by atoms with Crippen LogP contribution in [0, 0.1) is 0 Å². The van der Waals surface area contributed by atoms with Gasteiger partial charge in [0.15, 0.2) is 0 Å². The molecule has 0 aromatic rings. The Morgan fingerprint density at radius 3 is 0.500 bits per heavy atom. The quantitative estimate of drug-likeness (QED) is 0.188. The maximum atomic E-state index is 6.73. The van der Waals surface area contributed by atoms with Gasteiger partial charge in [0.05, 0.1) is 0 Å². The van der Waals surface area contributed by atoms with E-state index in [9.17, 15) is 0 Å². The first-order valence-electron chi connectivity index (χ1n) is 12.7. The van der Waals surface area contributed by atoms with E-state index < -0.39 is 129 Å². The van der Waals surface area contributed by atoms with Crippen LogP contribution in [0.4, 0.5) is 0 Å². The van der Waals surface area contributed by atoms with Gasteiger partial charge in [-0.3, -0.25) is 0 Å². The molecule has 0 saturated heterocycles. The van der Waals surface area contributed by atoms with Gasteiger partial charge in [0.1, 0.15) is 0 Å². The first-order chi connectivity index (χ1) is 18.1. The Labute approximate surface area is 282 Å². The third-order valence-corrected chi connectivity index (χ3v) is 7.78. The van der Waals surface area contributed by atoms with Gasteiger partial charge in [-0.15, -0.1) is 6.39 Å². The Balaban J connectivity index is 8.34. The van der Waals surface area contributed by atoms with Crippen molar-refractivity contribution in [2.24, 2.45) is 0 Å². The second kappa shape index (κ2) is 19.3. The molecule has 40 heteroatoms. The Hall–Kier alpha value is 2.60. The number of hydrogen-bond donors (Lipinski definition) is 0. The van der Waals surface area contributed by atoms with Crippen molar-refractivity contribution in [2.45, 2.75) is 0 Å². The van der Waals surface area contributed by atoms with Gasteiger partial charge >= 0.3 is 0 Å². The molecule has 0 N–H and O–H groups in total. The summed E-state index contributed by atoms with van der Waals surface area (Å²) in [7, 11) is 126. The lowest BCUT2D eigenvalue weighted by molar-refractivity contribution is 3.21. The predicted molar refractivity (Wildman–Crippen MR) is 234 cm³/mol. The molecule has 40 radical (unpaired) electrons.